The van der Waals surface area contributed by atoms with Crippen LogP contribution in [0.4, 0.5) is 0 Å². The van der Waals surface area contributed by atoms with Gasteiger partial charge >= 0.3 is 17.9 Å². The molecule has 0 bridgehead atoms. The van der Waals surface area contributed by atoms with Crippen LogP contribution in [0.25, 0.3) is 0 Å². The SMILES string of the molecule is CCCCCCCCCCCC(=O)N(CC(=O)O)C(C)C(=O)O.N=C(N)NCCCC(N)C(=O)O. The Kier molecular flexibility index (Phi) is 21.2. The van der Waals surface area contributed by atoms with Crippen molar-refractivity contribution in [3.8, 4) is 0 Å². The lowest BCUT2D eigenvalue weighted by atomic mass is 10.1. The van der Waals surface area contributed by atoms with Crippen LogP contribution in [0, 0.1) is 5.41 Å². The molecule has 9 N–H and O–H groups in total. The van der Waals surface area contributed by atoms with E-state index < -0.39 is 42.4 Å². The standard InChI is InChI=1S/C17H31NO5.C6H14N4O2/c1-3-4-5-6-7-8-9-10-11-12-15(19)18(13-16(20)21)14(2)17(22)23;7-4(5(11)12)2-1-3-10-6(8)9/h14H,3-13H2,1-2H3,(H,20,21)(H,22,23);4H,1-3,7H2,(H,11,12)(H4,8,9,10). The van der Waals surface area contributed by atoms with Gasteiger partial charge in [0.15, 0.2) is 5.96 Å². The summed E-state index contributed by atoms with van der Waals surface area (Å²) >= 11 is 0. The summed E-state index contributed by atoms with van der Waals surface area (Å²) in [6.07, 6.45) is 11.3. The molecule has 0 spiro atoms. The Morgan fingerprint density at radius 1 is 0.886 bits per heavy atom. The number of amides is 1. The van der Waals surface area contributed by atoms with Crippen LogP contribution in [-0.2, 0) is 19.2 Å². The average Bonchev–Trinajstić information content (AvgIpc) is 2.78. The molecule has 0 aliphatic carbocycles. The molecule has 0 saturated carbocycles. The van der Waals surface area contributed by atoms with Crippen molar-refractivity contribution in [3.05, 3.63) is 0 Å². The van der Waals surface area contributed by atoms with Crippen LogP contribution in [0.2, 0.25) is 0 Å². The summed E-state index contributed by atoms with van der Waals surface area (Å²) in [7, 11) is 0. The van der Waals surface area contributed by atoms with Crippen LogP contribution in [0.3, 0.4) is 0 Å². The first-order valence-electron chi connectivity index (χ1n) is 12.2. The highest BCUT2D eigenvalue weighted by molar-refractivity contribution is 5.86. The molecule has 35 heavy (non-hydrogen) atoms. The Bertz CT molecular complexity index is 646. The molecule has 0 aromatic rings. The third-order valence-electron chi connectivity index (χ3n) is 5.27. The normalized spacial score (nSPS) is 12.0. The summed E-state index contributed by atoms with van der Waals surface area (Å²) in [6.45, 7) is 3.44. The Hall–Kier alpha value is -2.89. The molecule has 2 unspecified atom stereocenters. The number of carbonyl (C=O) groups excluding carboxylic acids is 1. The Labute approximate surface area is 207 Å². The van der Waals surface area contributed by atoms with Gasteiger partial charge in [0.25, 0.3) is 0 Å². The lowest BCUT2D eigenvalue weighted by molar-refractivity contribution is -0.153. The first-order valence-corrected chi connectivity index (χ1v) is 12.2. The van der Waals surface area contributed by atoms with Gasteiger partial charge < -0.3 is 37.0 Å². The quantitative estimate of drug-likeness (QED) is 0.0771. The van der Waals surface area contributed by atoms with Crippen LogP contribution >= 0.6 is 0 Å². The molecule has 2 atom stereocenters. The second kappa shape index (κ2) is 21.6. The molecule has 12 nitrogen and oxygen atoms in total. The van der Waals surface area contributed by atoms with Gasteiger partial charge in [0.05, 0.1) is 0 Å². The van der Waals surface area contributed by atoms with E-state index in [1.54, 1.807) is 0 Å². The molecule has 0 aliphatic rings. The predicted molar refractivity (Wildman–Crippen MR) is 133 cm³/mol. The monoisotopic (exact) mass is 503 g/mol. The predicted octanol–water partition coefficient (Wildman–Crippen LogP) is 1.96. The van der Waals surface area contributed by atoms with E-state index >= 15 is 0 Å². The van der Waals surface area contributed by atoms with Gasteiger partial charge in [0.2, 0.25) is 5.91 Å². The van der Waals surface area contributed by atoms with Crippen LogP contribution in [0.5, 0.6) is 0 Å². The summed E-state index contributed by atoms with van der Waals surface area (Å²) in [4.78, 5) is 44.9. The number of aliphatic carboxylic acids is 3. The van der Waals surface area contributed by atoms with E-state index in [4.69, 9.17) is 32.2 Å². The molecule has 1 amide bonds. The summed E-state index contributed by atoms with van der Waals surface area (Å²) in [5, 5.41) is 35.5. The van der Waals surface area contributed by atoms with Crippen molar-refractivity contribution in [1.82, 2.24) is 10.2 Å². The zero-order valence-corrected chi connectivity index (χ0v) is 21.1. The van der Waals surface area contributed by atoms with Crippen LogP contribution in [0.15, 0.2) is 0 Å². The number of hydrogen-bond acceptors (Lipinski definition) is 6. The van der Waals surface area contributed by atoms with E-state index in [1.807, 2.05) is 0 Å². The topological polar surface area (TPSA) is 220 Å². The van der Waals surface area contributed by atoms with E-state index in [1.165, 1.54) is 39.0 Å². The Morgan fingerprint density at radius 3 is 1.83 bits per heavy atom. The Morgan fingerprint density at radius 2 is 1.40 bits per heavy atom. The minimum absolute atomic E-state index is 0.112. The summed E-state index contributed by atoms with van der Waals surface area (Å²) < 4.78 is 0. The number of carbonyl (C=O) groups is 4. The molecular weight excluding hydrogens is 458 g/mol. The number of carboxylic acid groups (broad SMARTS) is 3. The van der Waals surface area contributed by atoms with E-state index in [0.717, 1.165) is 24.2 Å². The number of hydrogen-bond donors (Lipinski definition) is 7. The van der Waals surface area contributed by atoms with Crippen molar-refractivity contribution in [2.45, 2.75) is 103 Å². The fourth-order valence-electron chi connectivity index (χ4n) is 3.12. The lowest BCUT2D eigenvalue weighted by Gasteiger charge is -2.24. The minimum atomic E-state index is -1.20. The minimum Gasteiger partial charge on any atom is -0.480 e. The molecular formula is C23H45N5O7. The number of guanidine groups is 1. The van der Waals surface area contributed by atoms with Gasteiger partial charge in [-0.2, -0.15) is 0 Å². The molecule has 12 heteroatoms. The average molecular weight is 504 g/mol. The fraction of sp³-hybridized carbons (Fsp3) is 0.783. The van der Waals surface area contributed by atoms with E-state index in [9.17, 15) is 19.2 Å². The van der Waals surface area contributed by atoms with Crippen molar-refractivity contribution in [2.24, 2.45) is 11.5 Å². The molecule has 0 rings (SSSR count). The van der Waals surface area contributed by atoms with Crippen molar-refractivity contribution in [2.75, 3.05) is 13.1 Å². The van der Waals surface area contributed by atoms with Crippen LogP contribution in [0.1, 0.15) is 90.9 Å². The van der Waals surface area contributed by atoms with Crippen molar-refractivity contribution < 1.29 is 34.5 Å². The zero-order chi connectivity index (χ0) is 27.2. The van der Waals surface area contributed by atoms with Gasteiger partial charge in [0.1, 0.15) is 18.6 Å². The smallest absolute Gasteiger partial charge is 0.326 e. The summed E-state index contributed by atoms with van der Waals surface area (Å²) in [6, 6.07) is -1.93. The maximum atomic E-state index is 12.0. The van der Waals surface area contributed by atoms with Gasteiger partial charge in [-0.1, -0.05) is 58.3 Å². The van der Waals surface area contributed by atoms with Gasteiger partial charge in [0, 0.05) is 13.0 Å². The number of nitrogens with zero attached hydrogens (tertiary/aromatic N) is 1. The molecule has 0 heterocycles. The maximum absolute atomic E-state index is 12.0. The summed E-state index contributed by atoms with van der Waals surface area (Å²) in [5.74, 6) is -3.90. The molecule has 204 valence electrons. The fourth-order valence-corrected chi connectivity index (χ4v) is 3.12. The number of carboxylic acids is 3. The number of nitrogens with one attached hydrogen (secondary N) is 2. The summed E-state index contributed by atoms with van der Waals surface area (Å²) in [5.41, 5.74) is 10.2. The van der Waals surface area contributed by atoms with Crippen molar-refractivity contribution in [1.29, 1.82) is 5.41 Å². The second-order valence-electron chi connectivity index (χ2n) is 8.44. The number of nitrogens with two attached hydrogens (primary N) is 2. The van der Waals surface area contributed by atoms with Gasteiger partial charge in [-0.25, -0.2) is 4.79 Å². The highest BCUT2D eigenvalue weighted by Gasteiger charge is 2.26. The van der Waals surface area contributed by atoms with Gasteiger partial charge in [-0.05, 0) is 26.2 Å². The third-order valence-corrected chi connectivity index (χ3v) is 5.27. The van der Waals surface area contributed by atoms with E-state index in [0.29, 0.717) is 25.8 Å². The molecule has 0 saturated heterocycles. The second-order valence-corrected chi connectivity index (χ2v) is 8.44. The number of rotatable bonds is 19. The maximum Gasteiger partial charge on any atom is 0.326 e. The first kappa shape index (κ1) is 34.3. The van der Waals surface area contributed by atoms with Gasteiger partial charge in [-0.15, -0.1) is 0 Å². The molecule has 0 radical (unpaired) electrons. The first-order chi connectivity index (χ1) is 16.4. The van der Waals surface area contributed by atoms with Crippen molar-refractivity contribution >= 4 is 29.8 Å². The van der Waals surface area contributed by atoms with Crippen LogP contribution < -0.4 is 16.8 Å². The number of unbranched alkanes of at least 4 members (excludes halogenated alkanes) is 8. The van der Waals surface area contributed by atoms with E-state index in [2.05, 4.69) is 12.2 Å². The highest BCUT2D eigenvalue weighted by atomic mass is 16.4. The molecule has 0 aliphatic heterocycles. The lowest BCUT2D eigenvalue weighted by Crippen LogP contribution is -2.45. The molecule has 0 aromatic carbocycles. The van der Waals surface area contributed by atoms with Crippen LogP contribution in [-0.4, -0.2) is 75.2 Å². The van der Waals surface area contributed by atoms with Gasteiger partial charge in [-0.3, -0.25) is 19.8 Å². The van der Waals surface area contributed by atoms with Crippen molar-refractivity contribution in [3.63, 3.8) is 0 Å². The third kappa shape index (κ3) is 21.4. The zero-order valence-electron chi connectivity index (χ0n) is 21.1. The Balaban J connectivity index is 0. The molecule has 0 aromatic heterocycles. The largest absolute Gasteiger partial charge is 0.480 e. The highest BCUT2D eigenvalue weighted by Crippen LogP contribution is 2.12. The molecule has 0 fully saturated rings. The van der Waals surface area contributed by atoms with E-state index in [-0.39, 0.29) is 12.4 Å².